The molecule has 0 saturated carbocycles. The molecule has 4 heteroatoms. The van der Waals surface area contributed by atoms with E-state index >= 15 is 0 Å². The summed E-state index contributed by atoms with van der Waals surface area (Å²) in [5.74, 6) is -0.476. The monoisotopic (exact) mass is 352 g/mol. The predicted molar refractivity (Wildman–Crippen MR) is 98.8 cm³/mol. The van der Waals surface area contributed by atoms with Gasteiger partial charge in [-0.2, -0.15) is 0 Å². The molecule has 0 unspecified atom stereocenters. The summed E-state index contributed by atoms with van der Waals surface area (Å²) >= 11 is 5.48. The van der Waals surface area contributed by atoms with Gasteiger partial charge in [0.15, 0.2) is 0 Å². The molecule has 3 nitrogen and oxygen atoms in total. The molecule has 0 aliphatic rings. The van der Waals surface area contributed by atoms with Gasteiger partial charge in [-0.1, -0.05) is 76.8 Å². The fraction of sp³-hybridized carbons (Fsp3) is 0.600. The fourth-order valence-electron chi connectivity index (χ4n) is 2.66. The van der Waals surface area contributed by atoms with Crippen molar-refractivity contribution in [1.29, 1.82) is 0 Å². The standard InChI is InChI=1S/C20H29ClO3/c1-2-3-4-5-6-7-8-9-10-13-16-24-20(23)18-15-12-11-14-17(18)19(21)22/h11-12,14-15H,2-10,13,16H2,1H3. The maximum absolute atomic E-state index is 12.0. The third-order valence-electron chi connectivity index (χ3n) is 4.09. The van der Waals surface area contributed by atoms with Gasteiger partial charge in [0.1, 0.15) is 0 Å². The van der Waals surface area contributed by atoms with Crippen molar-refractivity contribution in [3.8, 4) is 0 Å². The van der Waals surface area contributed by atoms with E-state index in [1.807, 2.05) is 0 Å². The Morgan fingerprint density at radius 1 is 0.833 bits per heavy atom. The molecule has 0 heterocycles. The minimum Gasteiger partial charge on any atom is -0.462 e. The number of halogens is 1. The number of hydrogen-bond donors (Lipinski definition) is 0. The molecule has 0 fully saturated rings. The summed E-state index contributed by atoms with van der Waals surface area (Å²) in [6.07, 6.45) is 12.4. The first-order chi connectivity index (χ1) is 11.7. The summed E-state index contributed by atoms with van der Waals surface area (Å²) in [5.41, 5.74) is 0.441. The zero-order chi connectivity index (χ0) is 17.6. The van der Waals surface area contributed by atoms with Crippen LogP contribution < -0.4 is 0 Å². The minimum atomic E-state index is -0.638. The van der Waals surface area contributed by atoms with Gasteiger partial charge in [0.2, 0.25) is 0 Å². The minimum absolute atomic E-state index is 0.201. The number of rotatable bonds is 13. The van der Waals surface area contributed by atoms with Crippen LogP contribution >= 0.6 is 11.6 Å². The molecule has 0 bridgehead atoms. The van der Waals surface area contributed by atoms with Crippen molar-refractivity contribution in [2.24, 2.45) is 0 Å². The maximum Gasteiger partial charge on any atom is 0.338 e. The van der Waals surface area contributed by atoms with Gasteiger partial charge >= 0.3 is 5.97 Å². The van der Waals surface area contributed by atoms with Crippen LogP contribution in [0.2, 0.25) is 0 Å². The normalized spacial score (nSPS) is 10.6. The predicted octanol–water partition coefficient (Wildman–Crippen LogP) is 6.14. The Labute approximate surface area is 150 Å². The molecule has 0 amide bonds. The smallest absolute Gasteiger partial charge is 0.338 e. The number of carbonyl (C=O) groups excluding carboxylic acids is 2. The Hall–Kier alpha value is -1.35. The number of benzene rings is 1. The Balaban J connectivity index is 2.09. The van der Waals surface area contributed by atoms with Crippen LogP contribution in [0.1, 0.15) is 91.8 Å². The lowest BCUT2D eigenvalue weighted by atomic mass is 10.1. The molecule has 0 aliphatic heterocycles. The van der Waals surface area contributed by atoms with E-state index in [9.17, 15) is 9.59 Å². The van der Waals surface area contributed by atoms with Gasteiger partial charge in [0.05, 0.1) is 12.2 Å². The second-order valence-electron chi connectivity index (χ2n) is 6.14. The second-order valence-corrected chi connectivity index (χ2v) is 6.48. The van der Waals surface area contributed by atoms with Crippen LogP contribution in [0.15, 0.2) is 24.3 Å². The van der Waals surface area contributed by atoms with Crippen LogP contribution in [0.5, 0.6) is 0 Å². The highest BCUT2D eigenvalue weighted by Gasteiger charge is 2.15. The van der Waals surface area contributed by atoms with Crippen molar-refractivity contribution in [1.82, 2.24) is 0 Å². The van der Waals surface area contributed by atoms with Gasteiger partial charge in [-0.25, -0.2) is 4.79 Å². The van der Waals surface area contributed by atoms with Gasteiger partial charge in [-0.3, -0.25) is 4.79 Å². The van der Waals surface area contributed by atoms with Crippen molar-refractivity contribution in [2.45, 2.75) is 71.1 Å². The largest absolute Gasteiger partial charge is 0.462 e. The number of esters is 1. The SMILES string of the molecule is CCCCCCCCCCCCOC(=O)c1ccccc1C(=O)Cl. The molecule has 0 radical (unpaired) electrons. The molecule has 24 heavy (non-hydrogen) atoms. The maximum atomic E-state index is 12.0. The lowest BCUT2D eigenvalue weighted by molar-refractivity contribution is 0.0495. The topological polar surface area (TPSA) is 43.4 Å². The summed E-state index contributed by atoms with van der Waals surface area (Å²) in [4.78, 5) is 23.3. The van der Waals surface area contributed by atoms with Crippen molar-refractivity contribution in [2.75, 3.05) is 6.61 Å². The van der Waals surface area contributed by atoms with Crippen LogP contribution in [0.4, 0.5) is 0 Å². The summed E-state index contributed by atoms with van der Waals surface area (Å²) in [7, 11) is 0. The fourth-order valence-corrected chi connectivity index (χ4v) is 2.83. The Bertz CT molecular complexity index is 499. The number of unbranched alkanes of at least 4 members (excludes halogenated alkanes) is 9. The first kappa shape index (κ1) is 20.7. The van der Waals surface area contributed by atoms with E-state index in [2.05, 4.69) is 6.92 Å². The highest BCUT2D eigenvalue weighted by molar-refractivity contribution is 6.68. The average molecular weight is 353 g/mol. The van der Waals surface area contributed by atoms with Gasteiger partial charge < -0.3 is 4.74 Å². The third kappa shape index (κ3) is 8.49. The van der Waals surface area contributed by atoms with Crippen molar-refractivity contribution >= 4 is 22.8 Å². The highest BCUT2D eigenvalue weighted by Crippen LogP contribution is 2.14. The van der Waals surface area contributed by atoms with E-state index in [1.165, 1.54) is 57.4 Å². The lowest BCUT2D eigenvalue weighted by Gasteiger charge is -2.07. The molecule has 134 valence electrons. The Morgan fingerprint density at radius 3 is 1.88 bits per heavy atom. The van der Waals surface area contributed by atoms with E-state index in [-0.39, 0.29) is 11.1 Å². The Morgan fingerprint density at radius 2 is 1.33 bits per heavy atom. The molecule has 1 rings (SSSR count). The molecule has 1 aromatic rings. The van der Waals surface area contributed by atoms with Gasteiger partial charge in [-0.05, 0) is 30.2 Å². The van der Waals surface area contributed by atoms with E-state index in [4.69, 9.17) is 16.3 Å². The molecule has 0 N–H and O–H groups in total. The van der Waals surface area contributed by atoms with E-state index in [0.29, 0.717) is 6.61 Å². The van der Waals surface area contributed by atoms with E-state index in [0.717, 1.165) is 12.8 Å². The average Bonchev–Trinajstić information content (AvgIpc) is 2.59. The van der Waals surface area contributed by atoms with E-state index in [1.54, 1.807) is 18.2 Å². The summed E-state index contributed by atoms with van der Waals surface area (Å²) < 4.78 is 5.24. The zero-order valence-electron chi connectivity index (χ0n) is 14.7. The van der Waals surface area contributed by atoms with Crippen LogP contribution in [0.25, 0.3) is 0 Å². The number of hydrogen-bond acceptors (Lipinski definition) is 3. The van der Waals surface area contributed by atoms with Crippen LogP contribution in [-0.2, 0) is 4.74 Å². The molecule has 0 aliphatic carbocycles. The summed E-state index contributed by atoms with van der Waals surface area (Å²) in [6, 6.07) is 6.47. The molecular formula is C20H29ClO3. The van der Waals surface area contributed by atoms with Crippen LogP contribution in [0.3, 0.4) is 0 Å². The number of carbonyl (C=O) groups is 2. The third-order valence-corrected chi connectivity index (χ3v) is 4.29. The molecule has 0 atom stereocenters. The summed E-state index contributed by atoms with van der Waals surface area (Å²) in [6.45, 7) is 2.62. The summed E-state index contributed by atoms with van der Waals surface area (Å²) in [5, 5.41) is -0.638. The second kappa shape index (κ2) is 13.0. The van der Waals surface area contributed by atoms with Gasteiger partial charge in [0.25, 0.3) is 5.24 Å². The lowest BCUT2D eigenvalue weighted by Crippen LogP contribution is -2.10. The van der Waals surface area contributed by atoms with Crippen molar-refractivity contribution in [3.63, 3.8) is 0 Å². The molecule has 1 aromatic carbocycles. The van der Waals surface area contributed by atoms with E-state index < -0.39 is 11.2 Å². The molecule has 0 saturated heterocycles. The Kier molecular flexibility index (Phi) is 11.2. The number of ether oxygens (including phenoxy) is 1. The first-order valence-electron chi connectivity index (χ1n) is 9.12. The molecule has 0 spiro atoms. The van der Waals surface area contributed by atoms with Crippen LogP contribution in [-0.4, -0.2) is 17.8 Å². The van der Waals surface area contributed by atoms with Gasteiger partial charge in [0, 0.05) is 5.56 Å². The zero-order valence-corrected chi connectivity index (χ0v) is 15.4. The van der Waals surface area contributed by atoms with Gasteiger partial charge in [-0.15, -0.1) is 0 Å². The molecule has 0 aromatic heterocycles. The quantitative estimate of drug-likeness (QED) is 0.243. The van der Waals surface area contributed by atoms with Crippen LogP contribution in [0, 0.1) is 0 Å². The van der Waals surface area contributed by atoms with Crippen molar-refractivity contribution in [3.05, 3.63) is 35.4 Å². The van der Waals surface area contributed by atoms with Crippen molar-refractivity contribution < 1.29 is 14.3 Å². The first-order valence-corrected chi connectivity index (χ1v) is 9.50. The highest BCUT2D eigenvalue weighted by atomic mass is 35.5. The molecular weight excluding hydrogens is 324 g/mol.